The summed E-state index contributed by atoms with van der Waals surface area (Å²) in [7, 11) is -3.37. The first-order valence-corrected chi connectivity index (χ1v) is 13.1. The van der Waals surface area contributed by atoms with Crippen LogP contribution in [-0.2, 0) is 16.6 Å². The van der Waals surface area contributed by atoms with Crippen LogP contribution in [0.2, 0.25) is 0 Å². The SMILES string of the molecule is CS(=O)(=O)Nc1ccc(C(=O)N2CCN(C(=O)c3ccc(OCc4ccccc4)cc3)CC2)cc1. The van der Waals surface area contributed by atoms with E-state index >= 15 is 0 Å². The van der Waals surface area contributed by atoms with Gasteiger partial charge in [-0.15, -0.1) is 0 Å². The van der Waals surface area contributed by atoms with Gasteiger partial charge in [0.15, 0.2) is 0 Å². The van der Waals surface area contributed by atoms with Gasteiger partial charge in [0.05, 0.1) is 6.26 Å². The Morgan fingerprint density at radius 2 is 1.26 bits per heavy atom. The molecule has 0 atom stereocenters. The minimum Gasteiger partial charge on any atom is -0.489 e. The van der Waals surface area contributed by atoms with E-state index in [1.54, 1.807) is 58.3 Å². The third-order valence-electron chi connectivity index (χ3n) is 5.64. The molecule has 9 heteroatoms. The van der Waals surface area contributed by atoms with Crippen molar-refractivity contribution in [1.29, 1.82) is 0 Å². The molecular weight excluding hydrogens is 466 g/mol. The molecule has 0 aromatic heterocycles. The fraction of sp³-hybridized carbons (Fsp3) is 0.231. The quantitative estimate of drug-likeness (QED) is 0.545. The number of nitrogens with one attached hydrogen (secondary N) is 1. The Labute approximate surface area is 205 Å². The van der Waals surface area contributed by atoms with Crippen molar-refractivity contribution < 1.29 is 22.7 Å². The van der Waals surface area contributed by atoms with Crippen LogP contribution in [0.15, 0.2) is 78.9 Å². The van der Waals surface area contributed by atoms with Crippen molar-refractivity contribution in [3.05, 3.63) is 95.6 Å². The van der Waals surface area contributed by atoms with Crippen LogP contribution in [0.1, 0.15) is 26.3 Å². The predicted octanol–water partition coefficient (Wildman–Crippen LogP) is 3.24. The molecule has 35 heavy (non-hydrogen) atoms. The number of anilines is 1. The van der Waals surface area contributed by atoms with Gasteiger partial charge in [0.25, 0.3) is 11.8 Å². The van der Waals surface area contributed by atoms with E-state index in [0.29, 0.717) is 55.3 Å². The van der Waals surface area contributed by atoms with Crippen LogP contribution in [0.4, 0.5) is 5.69 Å². The normalized spacial score (nSPS) is 13.9. The number of rotatable bonds is 7. The van der Waals surface area contributed by atoms with Crippen molar-refractivity contribution in [3.63, 3.8) is 0 Å². The highest BCUT2D eigenvalue weighted by Gasteiger charge is 2.25. The van der Waals surface area contributed by atoms with Gasteiger partial charge in [-0.3, -0.25) is 14.3 Å². The first-order valence-electron chi connectivity index (χ1n) is 11.2. The number of piperazine rings is 1. The smallest absolute Gasteiger partial charge is 0.253 e. The molecule has 1 saturated heterocycles. The lowest BCUT2D eigenvalue weighted by Crippen LogP contribution is -2.50. The van der Waals surface area contributed by atoms with Gasteiger partial charge in [-0.05, 0) is 54.1 Å². The van der Waals surface area contributed by atoms with Gasteiger partial charge < -0.3 is 14.5 Å². The summed E-state index contributed by atoms with van der Waals surface area (Å²) < 4.78 is 30.8. The second kappa shape index (κ2) is 10.6. The third kappa shape index (κ3) is 6.60. The van der Waals surface area contributed by atoms with Crippen LogP contribution in [0.3, 0.4) is 0 Å². The van der Waals surface area contributed by atoms with E-state index in [1.165, 1.54) is 0 Å². The molecule has 0 radical (unpaired) electrons. The van der Waals surface area contributed by atoms with Crippen LogP contribution >= 0.6 is 0 Å². The highest BCUT2D eigenvalue weighted by molar-refractivity contribution is 7.92. The standard InChI is InChI=1S/C26H27N3O5S/c1-35(32,33)27-23-11-7-21(8-12-23)25(30)28-15-17-29(18-16-28)26(31)22-9-13-24(14-10-22)34-19-20-5-3-2-4-6-20/h2-14,27H,15-19H2,1H3. The Kier molecular flexibility index (Phi) is 7.36. The molecule has 182 valence electrons. The number of carbonyl (C=O) groups excluding carboxylic acids is 2. The molecule has 1 N–H and O–H groups in total. The summed E-state index contributed by atoms with van der Waals surface area (Å²) >= 11 is 0. The van der Waals surface area contributed by atoms with Crippen LogP contribution in [0.5, 0.6) is 5.75 Å². The summed E-state index contributed by atoms with van der Waals surface area (Å²) in [6.45, 7) is 2.18. The van der Waals surface area contributed by atoms with E-state index in [1.807, 2.05) is 30.3 Å². The molecule has 0 unspecified atom stereocenters. The summed E-state index contributed by atoms with van der Waals surface area (Å²) in [6.07, 6.45) is 1.07. The summed E-state index contributed by atoms with van der Waals surface area (Å²) in [5.41, 5.74) is 2.51. The molecule has 8 nitrogen and oxygen atoms in total. The number of nitrogens with zero attached hydrogens (tertiary/aromatic N) is 2. The summed E-state index contributed by atoms with van der Waals surface area (Å²) in [6, 6.07) is 23.3. The lowest BCUT2D eigenvalue weighted by Gasteiger charge is -2.35. The van der Waals surface area contributed by atoms with E-state index < -0.39 is 10.0 Å². The molecule has 1 fully saturated rings. The molecule has 3 aromatic rings. The fourth-order valence-corrected chi connectivity index (χ4v) is 4.37. The largest absolute Gasteiger partial charge is 0.489 e. The van der Waals surface area contributed by atoms with Gasteiger partial charge in [0.2, 0.25) is 10.0 Å². The first kappa shape index (κ1) is 24.3. The Hall–Kier alpha value is -3.85. The van der Waals surface area contributed by atoms with E-state index in [0.717, 1.165) is 11.8 Å². The second-order valence-electron chi connectivity index (χ2n) is 8.33. The zero-order chi connectivity index (χ0) is 24.8. The molecule has 0 spiro atoms. The summed E-state index contributed by atoms with van der Waals surface area (Å²) in [4.78, 5) is 29.2. The van der Waals surface area contributed by atoms with Crippen molar-refractivity contribution in [2.24, 2.45) is 0 Å². The maximum absolute atomic E-state index is 12.9. The zero-order valence-electron chi connectivity index (χ0n) is 19.4. The Balaban J connectivity index is 1.28. The molecule has 4 rings (SSSR count). The maximum atomic E-state index is 12.9. The van der Waals surface area contributed by atoms with Crippen molar-refractivity contribution in [1.82, 2.24) is 9.80 Å². The monoisotopic (exact) mass is 493 g/mol. The van der Waals surface area contributed by atoms with Gasteiger partial charge in [-0.2, -0.15) is 0 Å². The number of ether oxygens (including phenoxy) is 1. The fourth-order valence-electron chi connectivity index (χ4n) is 3.81. The molecule has 0 bridgehead atoms. The maximum Gasteiger partial charge on any atom is 0.253 e. The number of amides is 2. The number of hydrogen-bond donors (Lipinski definition) is 1. The summed E-state index contributed by atoms with van der Waals surface area (Å²) in [5, 5.41) is 0. The molecule has 1 aliphatic rings. The number of hydrogen-bond acceptors (Lipinski definition) is 5. The molecule has 1 aliphatic heterocycles. The number of benzene rings is 3. The van der Waals surface area contributed by atoms with Gasteiger partial charge in [-0.25, -0.2) is 8.42 Å². The molecule has 0 saturated carbocycles. The van der Waals surface area contributed by atoms with Crippen molar-refractivity contribution in [2.45, 2.75) is 6.61 Å². The lowest BCUT2D eigenvalue weighted by atomic mass is 10.1. The third-order valence-corrected chi connectivity index (χ3v) is 6.25. The molecule has 3 aromatic carbocycles. The van der Waals surface area contributed by atoms with E-state index in [2.05, 4.69) is 4.72 Å². The predicted molar refractivity (Wildman–Crippen MR) is 134 cm³/mol. The minimum atomic E-state index is -3.37. The van der Waals surface area contributed by atoms with Crippen LogP contribution in [0, 0.1) is 0 Å². The first-order chi connectivity index (χ1) is 16.8. The number of carbonyl (C=O) groups is 2. The molecule has 1 heterocycles. The Morgan fingerprint density at radius 3 is 1.74 bits per heavy atom. The molecular formula is C26H27N3O5S. The minimum absolute atomic E-state index is 0.0806. The van der Waals surface area contributed by atoms with Crippen molar-refractivity contribution in [3.8, 4) is 5.75 Å². The molecule has 0 aliphatic carbocycles. The lowest BCUT2D eigenvalue weighted by molar-refractivity contribution is 0.0535. The highest BCUT2D eigenvalue weighted by Crippen LogP contribution is 2.18. The van der Waals surface area contributed by atoms with Gasteiger partial charge >= 0.3 is 0 Å². The topological polar surface area (TPSA) is 96.0 Å². The molecule has 2 amide bonds. The Bertz CT molecular complexity index is 1270. The van der Waals surface area contributed by atoms with Gasteiger partial charge in [0.1, 0.15) is 12.4 Å². The van der Waals surface area contributed by atoms with Gasteiger partial charge in [0, 0.05) is 43.0 Å². The second-order valence-corrected chi connectivity index (χ2v) is 10.1. The number of sulfonamides is 1. The van der Waals surface area contributed by atoms with Crippen molar-refractivity contribution >= 4 is 27.5 Å². The van der Waals surface area contributed by atoms with E-state index in [4.69, 9.17) is 4.74 Å². The van der Waals surface area contributed by atoms with Crippen LogP contribution < -0.4 is 9.46 Å². The Morgan fingerprint density at radius 1 is 0.771 bits per heavy atom. The van der Waals surface area contributed by atoms with Crippen molar-refractivity contribution in [2.75, 3.05) is 37.2 Å². The van der Waals surface area contributed by atoms with E-state index in [9.17, 15) is 18.0 Å². The van der Waals surface area contributed by atoms with E-state index in [-0.39, 0.29) is 11.8 Å². The highest BCUT2D eigenvalue weighted by atomic mass is 32.2. The van der Waals surface area contributed by atoms with Crippen LogP contribution in [-0.4, -0.2) is 62.5 Å². The average molecular weight is 494 g/mol. The summed E-state index contributed by atoms with van der Waals surface area (Å²) in [5.74, 6) is 0.462. The van der Waals surface area contributed by atoms with Crippen LogP contribution in [0.25, 0.3) is 0 Å². The average Bonchev–Trinajstić information content (AvgIpc) is 2.87. The van der Waals surface area contributed by atoms with Gasteiger partial charge in [-0.1, -0.05) is 30.3 Å². The zero-order valence-corrected chi connectivity index (χ0v) is 20.2.